The van der Waals surface area contributed by atoms with E-state index in [0.717, 1.165) is 49.2 Å². The van der Waals surface area contributed by atoms with Crippen LogP contribution in [0.1, 0.15) is 98.8 Å². The van der Waals surface area contributed by atoms with E-state index >= 15 is 0 Å². The molecular formula is C26H42O3. The van der Waals surface area contributed by atoms with E-state index in [4.69, 9.17) is 4.74 Å². The maximum absolute atomic E-state index is 13.0. The van der Waals surface area contributed by atoms with Gasteiger partial charge in [0.25, 0.3) is 0 Å². The fourth-order valence-corrected chi connectivity index (χ4v) is 7.65. The predicted octanol–water partition coefficient (Wildman–Crippen LogP) is 6.25. The molecule has 4 rings (SSSR count). The molecule has 1 saturated heterocycles. The fourth-order valence-electron chi connectivity index (χ4n) is 7.65. The summed E-state index contributed by atoms with van der Waals surface area (Å²) in [6.07, 6.45) is 10.7. The van der Waals surface area contributed by atoms with Crippen molar-refractivity contribution in [1.29, 1.82) is 0 Å². The van der Waals surface area contributed by atoms with Crippen LogP contribution in [0, 0.1) is 40.4 Å². The minimum atomic E-state index is -0.341. The highest BCUT2D eigenvalue weighted by molar-refractivity contribution is 5.76. The summed E-state index contributed by atoms with van der Waals surface area (Å²) in [6, 6.07) is 0. The van der Waals surface area contributed by atoms with Crippen molar-refractivity contribution >= 4 is 5.97 Å². The Morgan fingerprint density at radius 3 is 2.55 bits per heavy atom. The van der Waals surface area contributed by atoms with Crippen LogP contribution < -0.4 is 0 Å². The highest BCUT2D eigenvalue weighted by atomic mass is 16.5. The molecule has 29 heavy (non-hydrogen) atoms. The van der Waals surface area contributed by atoms with Gasteiger partial charge in [-0.05, 0) is 79.1 Å². The van der Waals surface area contributed by atoms with E-state index in [1.165, 1.54) is 37.7 Å². The fraction of sp³-hybridized carbons (Fsp3) is 0.885. The van der Waals surface area contributed by atoms with Gasteiger partial charge in [0.05, 0.1) is 12.0 Å². The van der Waals surface area contributed by atoms with Gasteiger partial charge in [-0.15, -0.1) is 0 Å². The van der Waals surface area contributed by atoms with Crippen molar-refractivity contribution in [2.45, 2.75) is 105 Å². The Labute approximate surface area is 177 Å². The third kappa shape index (κ3) is 3.50. The second kappa shape index (κ2) is 7.70. The Morgan fingerprint density at radius 2 is 1.83 bits per heavy atom. The van der Waals surface area contributed by atoms with Gasteiger partial charge in [0.1, 0.15) is 5.76 Å². The molecule has 3 heteroatoms. The molecular weight excluding hydrogens is 360 g/mol. The maximum Gasteiger partial charge on any atom is 0.314 e. The number of aliphatic hydroxyl groups is 1. The average Bonchev–Trinajstić information content (AvgIpc) is 3.00. The average molecular weight is 403 g/mol. The zero-order chi connectivity index (χ0) is 21.0. The molecule has 3 fully saturated rings. The number of fused-ring (bicyclic) bond motifs is 4. The van der Waals surface area contributed by atoms with Crippen molar-refractivity contribution < 1.29 is 14.6 Å². The summed E-state index contributed by atoms with van der Waals surface area (Å²) in [4.78, 5) is 13.0. The van der Waals surface area contributed by atoms with Gasteiger partial charge in [0, 0.05) is 5.92 Å². The topological polar surface area (TPSA) is 46.5 Å². The number of hydrogen-bond acceptors (Lipinski definition) is 3. The zero-order valence-electron chi connectivity index (χ0n) is 19.3. The highest BCUT2D eigenvalue weighted by Gasteiger charge is 2.59. The number of hydrogen-bond donors (Lipinski definition) is 1. The van der Waals surface area contributed by atoms with Crippen LogP contribution >= 0.6 is 0 Å². The SMILES string of the molecule is CC(C)CCC[C@@H](C)C1CCC2=C3OC(=O)[C@H]4C[C@@H](O)CC[C@]4(C)[C@H]3CC[C@@]21C. The molecule has 3 nitrogen and oxygen atoms in total. The van der Waals surface area contributed by atoms with E-state index in [9.17, 15) is 9.90 Å². The molecule has 3 aliphatic carbocycles. The molecule has 7 atom stereocenters. The normalized spacial score (nSPS) is 42.9. The van der Waals surface area contributed by atoms with E-state index in [-0.39, 0.29) is 28.8 Å². The summed E-state index contributed by atoms with van der Waals surface area (Å²) in [5, 5.41) is 10.1. The summed E-state index contributed by atoms with van der Waals surface area (Å²) < 4.78 is 6.12. The van der Waals surface area contributed by atoms with E-state index in [2.05, 4.69) is 34.6 Å². The molecule has 0 aromatic carbocycles. The van der Waals surface area contributed by atoms with Gasteiger partial charge in [-0.1, -0.05) is 53.9 Å². The van der Waals surface area contributed by atoms with Gasteiger partial charge >= 0.3 is 5.97 Å². The summed E-state index contributed by atoms with van der Waals surface area (Å²) >= 11 is 0. The van der Waals surface area contributed by atoms with Crippen LogP contribution in [0.15, 0.2) is 11.3 Å². The lowest BCUT2D eigenvalue weighted by Gasteiger charge is -2.54. The molecule has 0 bridgehead atoms. The Morgan fingerprint density at radius 1 is 1.07 bits per heavy atom. The smallest absolute Gasteiger partial charge is 0.314 e. The molecule has 164 valence electrons. The van der Waals surface area contributed by atoms with Crippen molar-refractivity contribution in [1.82, 2.24) is 0 Å². The van der Waals surface area contributed by atoms with Crippen molar-refractivity contribution in [3.63, 3.8) is 0 Å². The molecule has 1 N–H and O–H groups in total. The molecule has 0 spiro atoms. The largest absolute Gasteiger partial charge is 0.431 e. The molecule has 4 aliphatic rings. The van der Waals surface area contributed by atoms with Gasteiger partial charge in [0.2, 0.25) is 0 Å². The summed E-state index contributed by atoms with van der Waals surface area (Å²) in [5.41, 5.74) is 1.66. The van der Waals surface area contributed by atoms with Gasteiger partial charge in [-0.3, -0.25) is 4.79 Å². The van der Waals surface area contributed by atoms with Crippen LogP contribution in [0.4, 0.5) is 0 Å². The minimum Gasteiger partial charge on any atom is -0.431 e. The highest BCUT2D eigenvalue weighted by Crippen LogP contribution is 2.64. The van der Waals surface area contributed by atoms with Crippen LogP contribution in [-0.2, 0) is 9.53 Å². The van der Waals surface area contributed by atoms with Crippen LogP contribution in [0.5, 0.6) is 0 Å². The van der Waals surface area contributed by atoms with Crippen LogP contribution in [-0.4, -0.2) is 17.2 Å². The van der Waals surface area contributed by atoms with E-state index in [1.807, 2.05) is 0 Å². The zero-order valence-corrected chi connectivity index (χ0v) is 19.3. The first-order valence-corrected chi connectivity index (χ1v) is 12.3. The molecule has 2 saturated carbocycles. The Kier molecular flexibility index (Phi) is 5.68. The van der Waals surface area contributed by atoms with Crippen LogP contribution in [0.2, 0.25) is 0 Å². The molecule has 0 aromatic rings. The first-order valence-electron chi connectivity index (χ1n) is 12.3. The number of carbonyl (C=O) groups is 1. The van der Waals surface area contributed by atoms with Crippen molar-refractivity contribution in [3.05, 3.63) is 11.3 Å². The van der Waals surface area contributed by atoms with E-state index in [1.54, 1.807) is 0 Å². The molecule has 0 radical (unpaired) electrons. The third-order valence-corrected chi connectivity index (χ3v) is 9.52. The van der Waals surface area contributed by atoms with Crippen molar-refractivity contribution in [2.24, 2.45) is 40.4 Å². The number of aliphatic hydroxyl groups excluding tert-OH is 1. The van der Waals surface area contributed by atoms with Crippen LogP contribution in [0.25, 0.3) is 0 Å². The first kappa shape index (κ1) is 21.4. The van der Waals surface area contributed by atoms with Gasteiger partial charge in [-0.2, -0.15) is 0 Å². The lowest BCUT2D eigenvalue weighted by Crippen LogP contribution is -2.52. The summed E-state index contributed by atoms with van der Waals surface area (Å²) in [5.74, 6) is 3.49. The monoisotopic (exact) mass is 402 g/mol. The molecule has 0 amide bonds. The van der Waals surface area contributed by atoms with E-state index in [0.29, 0.717) is 12.3 Å². The summed E-state index contributed by atoms with van der Waals surface area (Å²) in [6.45, 7) is 11.9. The van der Waals surface area contributed by atoms with Crippen LogP contribution in [0.3, 0.4) is 0 Å². The Balaban J connectivity index is 1.58. The lowest BCUT2D eigenvalue weighted by molar-refractivity contribution is -0.170. The molecule has 1 unspecified atom stereocenters. The minimum absolute atomic E-state index is 0.0286. The van der Waals surface area contributed by atoms with Crippen molar-refractivity contribution in [3.8, 4) is 0 Å². The van der Waals surface area contributed by atoms with Gasteiger partial charge < -0.3 is 9.84 Å². The first-order chi connectivity index (χ1) is 13.7. The lowest BCUT2D eigenvalue weighted by atomic mass is 9.53. The Hall–Kier alpha value is -0.830. The number of rotatable bonds is 5. The second-order valence-electron chi connectivity index (χ2n) is 11.7. The Bertz CT molecular complexity index is 679. The number of carbonyl (C=O) groups excluding carboxylic acids is 1. The maximum atomic E-state index is 13.0. The number of allylic oxidation sites excluding steroid dienone is 2. The molecule has 0 aromatic heterocycles. The standard InChI is InChI=1S/C26H42O3/c1-16(2)7-6-8-17(3)19-9-10-20-23-21(12-14-25(19,20)4)26(5)13-11-18(27)15-22(26)24(28)29-23/h16-19,21-22,27H,6-15H2,1-5H3/t17-,18+,19?,21+,22-,25-,26-/m1/s1. The summed E-state index contributed by atoms with van der Waals surface area (Å²) in [7, 11) is 0. The number of ether oxygens (including phenoxy) is 1. The predicted molar refractivity (Wildman–Crippen MR) is 116 cm³/mol. The molecule has 1 heterocycles. The second-order valence-corrected chi connectivity index (χ2v) is 11.7. The van der Waals surface area contributed by atoms with E-state index < -0.39 is 0 Å². The van der Waals surface area contributed by atoms with Gasteiger partial charge in [0.15, 0.2) is 0 Å². The van der Waals surface area contributed by atoms with Gasteiger partial charge in [-0.25, -0.2) is 0 Å². The quantitative estimate of drug-likeness (QED) is 0.553. The number of esters is 1. The molecule has 1 aliphatic heterocycles. The third-order valence-electron chi connectivity index (χ3n) is 9.52. The van der Waals surface area contributed by atoms with Crippen molar-refractivity contribution in [2.75, 3.05) is 0 Å².